The van der Waals surface area contributed by atoms with Crippen LogP contribution < -0.4 is 0 Å². The molecule has 12 heavy (non-hydrogen) atoms. The first-order valence-corrected chi connectivity index (χ1v) is 3.18. The highest BCUT2D eigenvalue weighted by Gasteiger charge is 2.13. The zero-order valence-corrected chi connectivity index (χ0v) is 6.02. The fourth-order valence-electron chi connectivity index (χ4n) is 0.856. The molecule has 1 aromatic carbocycles. The van der Waals surface area contributed by atoms with Gasteiger partial charge in [0.15, 0.2) is 0 Å². The molecule has 0 aliphatic carbocycles. The summed E-state index contributed by atoms with van der Waals surface area (Å²) in [6.45, 7) is 0. The Kier molecular flexibility index (Phi) is 2.09. The van der Waals surface area contributed by atoms with Gasteiger partial charge in [-0.1, -0.05) is 12.1 Å². The molecule has 62 valence electrons. The lowest BCUT2D eigenvalue weighted by molar-refractivity contribution is 0.0651. The molecule has 0 bridgehead atoms. The van der Waals surface area contributed by atoms with Gasteiger partial charge in [-0.05, 0) is 12.1 Å². The second-order valence-corrected chi connectivity index (χ2v) is 2.16. The van der Waals surface area contributed by atoms with Crippen LogP contribution in [0.5, 0.6) is 0 Å². The van der Waals surface area contributed by atoms with Gasteiger partial charge in [0, 0.05) is 0 Å². The van der Waals surface area contributed by atoms with E-state index in [1.54, 1.807) is 0 Å². The fraction of sp³-hybridized carbons (Fsp3) is 0. The van der Waals surface area contributed by atoms with Crippen LogP contribution in [-0.4, -0.2) is 22.2 Å². The number of aromatic carboxylic acids is 2. The highest BCUT2D eigenvalue weighted by molar-refractivity contribution is 6.01. The van der Waals surface area contributed by atoms with Crippen molar-refractivity contribution in [2.45, 2.75) is 0 Å². The summed E-state index contributed by atoms with van der Waals surface area (Å²) in [5, 5.41) is 17.1. The Balaban J connectivity index is 3.27. The highest BCUT2D eigenvalue weighted by Crippen LogP contribution is 2.07. The van der Waals surface area contributed by atoms with E-state index in [2.05, 4.69) is 0 Å². The molecule has 0 atom stereocenters. The van der Waals surface area contributed by atoms with Gasteiger partial charge in [-0.15, -0.1) is 0 Å². The van der Waals surface area contributed by atoms with Gasteiger partial charge < -0.3 is 10.2 Å². The Morgan fingerprint density at radius 2 is 1.25 bits per heavy atom. The zero-order valence-electron chi connectivity index (χ0n) is 6.02. The zero-order chi connectivity index (χ0) is 9.14. The summed E-state index contributed by atoms with van der Waals surface area (Å²) < 4.78 is 0. The molecule has 4 nitrogen and oxygen atoms in total. The number of rotatable bonds is 2. The molecule has 0 fully saturated rings. The quantitative estimate of drug-likeness (QED) is 0.703. The van der Waals surface area contributed by atoms with E-state index in [9.17, 15) is 9.59 Å². The minimum absolute atomic E-state index is 0.190. The molecule has 0 heterocycles. The van der Waals surface area contributed by atoms with Gasteiger partial charge in [0.05, 0.1) is 11.1 Å². The van der Waals surface area contributed by atoms with E-state index in [1.165, 1.54) is 24.3 Å². The third-order valence-corrected chi connectivity index (χ3v) is 1.39. The average Bonchev–Trinajstić information content (AvgIpc) is 2.04. The van der Waals surface area contributed by atoms with Crippen molar-refractivity contribution >= 4 is 11.9 Å². The van der Waals surface area contributed by atoms with Crippen LogP contribution in [0.3, 0.4) is 0 Å². The lowest BCUT2D eigenvalue weighted by Crippen LogP contribution is -2.06. The highest BCUT2D eigenvalue weighted by atomic mass is 16.4. The second-order valence-electron chi connectivity index (χ2n) is 2.16. The maximum atomic E-state index is 10.5. The van der Waals surface area contributed by atoms with Crippen molar-refractivity contribution in [1.29, 1.82) is 0 Å². The van der Waals surface area contributed by atoms with Gasteiger partial charge in [0.25, 0.3) is 0 Å². The molecule has 0 aromatic heterocycles. The van der Waals surface area contributed by atoms with Crippen LogP contribution in [0.25, 0.3) is 0 Å². The average molecular weight is 174 g/mol. The number of hydrogen-bond donors (Lipinski definition) is 2. The Morgan fingerprint density at radius 1 is 0.917 bits per heavy atom. The van der Waals surface area contributed by atoms with Crippen molar-refractivity contribution in [2.75, 3.05) is 0 Å². The molecule has 0 aliphatic rings. The van der Waals surface area contributed by atoms with Crippen LogP contribution in [0.2, 0.25) is 0 Å². The summed E-state index contributed by atoms with van der Waals surface area (Å²) in [6.07, 6.45) is 0. The molecule has 0 unspecified atom stereocenters. The summed E-state index contributed by atoms with van der Waals surface area (Å²) in [6, 6.07) is 5.48. The van der Waals surface area contributed by atoms with Crippen molar-refractivity contribution in [3.8, 4) is 0 Å². The summed E-state index contributed by atoms with van der Waals surface area (Å²) in [7, 11) is 0. The smallest absolute Gasteiger partial charge is 0.336 e. The minimum Gasteiger partial charge on any atom is -0.478 e. The molecule has 0 amide bonds. The van der Waals surface area contributed by atoms with E-state index >= 15 is 0 Å². The van der Waals surface area contributed by atoms with E-state index < -0.39 is 11.9 Å². The van der Waals surface area contributed by atoms with Gasteiger partial charge in [0.2, 0.25) is 0 Å². The van der Waals surface area contributed by atoms with Crippen LogP contribution in [0, 0.1) is 0 Å². The van der Waals surface area contributed by atoms with E-state index in [-0.39, 0.29) is 11.1 Å². The van der Waals surface area contributed by atoms with Crippen molar-refractivity contribution in [3.63, 3.8) is 0 Å². The predicted molar refractivity (Wildman–Crippen MR) is 40.4 cm³/mol. The standard InChI is InChI=1S/C8H6O4/c9-7(10)5-3-1-2-4-6(5)8(11)12/h1-4H,(H,9,10)(H,11,12)/i1+2,2+2,3+2,4+2. The van der Waals surface area contributed by atoms with E-state index in [0.717, 1.165) is 0 Å². The largest absolute Gasteiger partial charge is 0.478 e. The first kappa shape index (κ1) is 8.26. The van der Waals surface area contributed by atoms with Crippen LogP contribution in [-0.2, 0) is 0 Å². The lowest BCUT2D eigenvalue weighted by Gasteiger charge is -1.98. The first-order chi connectivity index (χ1) is 5.63. The molecule has 0 radical (unpaired) electrons. The third kappa shape index (κ3) is 1.42. The summed E-state index contributed by atoms with van der Waals surface area (Å²) >= 11 is 0. The number of benzene rings is 1. The normalized spacial score (nSPS) is 9.33. The molecule has 2 N–H and O–H groups in total. The third-order valence-electron chi connectivity index (χ3n) is 1.39. The van der Waals surface area contributed by atoms with Gasteiger partial charge in [0.1, 0.15) is 0 Å². The molecular weight excluding hydrogens is 168 g/mol. The maximum absolute atomic E-state index is 10.5. The Bertz CT molecular complexity index is 297. The topological polar surface area (TPSA) is 74.6 Å². The maximum Gasteiger partial charge on any atom is 0.336 e. The number of hydrogen-bond acceptors (Lipinski definition) is 2. The van der Waals surface area contributed by atoms with Crippen LogP contribution in [0.15, 0.2) is 24.3 Å². The summed E-state index contributed by atoms with van der Waals surface area (Å²) in [5.74, 6) is -2.46. The molecule has 1 aromatic rings. The molecule has 0 saturated carbocycles. The van der Waals surface area contributed by atoms with Crippen LogP contribution in [0.4, 0.5) is 0 Å². The molecule has 0 spiro atoms. The van der Waals surface area contributed by atoms with Crippen molar-refractivity contribution in [3.05, 3.63) is 35.4 Å². The predicted octanol–water partition coefficient (Wildman–Crippen LogP) is 1.08. The molecule has 4 heteroatoms. The fourth-order valence-corrected chi connectivity index (χ4v) is 0.856. The van der Waals surface area contributed by atoms with E-state index in [1.807, 2.05) is 0 Å². The monoisotopic (exact) mass is 174 g/mol. The number of carboxylic acid groups (broad SMARTS) is 2. The van der Waals surface area contributed by atoms with Crippen LogP contribution >= 0.6 is 0 Å². The summed E-state index contributed by atoms with van der Waals surface area (Å²) in [4.78, 5) is 20.9. The van der Waals surface area contributed by atoms with Crippen molar-refractivity contribution in [1.82, 2.24) is 0 Å². The van der Waals surface area contributed by atoms with Gasteiger partial charge in [-0.25, -0.2) is 9.59 Å². The number of carboxylic acids is 2. The molecule has 1 rings (SSSR count). The Labute approximate surface area is 68.1 Å². The van der Waals surface area contributed by atoms with Gasteiger partial charge >= 0.3 is 11.9 Å². The van der Waals surface area contributed by atoms with E-state index in [4.69, 9.17) is 10.2 Å². The number of carbonyl (C=O) groups is 2. The molecule has 0 saturated heterocycles. The Hall–Kier alpha value is -1.84. The first-order valence-electron chi connectivity index (χ1n) is 3.18. The lowest BCUT2D eigenvalue weighted by atomic mass is 10.3. The Morgan fingerprint density at radius 3 is 1.50 bits per heavy atom. The van der Waals surface area contributed by atoms with Gasteiger partial charge in [-0.2, -0.15) is 0 Å². The van der Waals surface area contributed by atoms with Crippen molar-refractivity contribution in [2.24, 2.45) is 0 Å². The molecular formula is C8H6O4. The van der Waals surface area contributed by atoms with Crippen molar-refractivity contribution < 1.29 is 19.8 Å². The van der Waals surface area contributed by atoms with E-state index in [0.29, 0.717) is 0 Å². The second kappa shape index (κ2) is 3.04. The summed E-state index contributed by atoms with van der Waals surface area (Å²) in [5.41, 5.74) is -0.380. The van der Waals surface area contributed by atoms with Gasteiger partial charge in [-0.3, -0.25) is 0 Å². The van der Waals surface area contributed by atoms with Crippen LogP contribution in [0.1, 0.15) is 20.7 Å². The minimum atomic E-state index is -1.23. The molecule has 0 aliphatic heterocycles. The SMILES string of the molecule is O=C(O)c1[14cH][14cH][14cH][14cH]c1C(=O)O.